The molecule has 1 aliphatic rings. The number of ether oxygens (including phenoxy) is 1. The number of fused-ring (bicyclic) bond motifs is 1. The summed E-state index contributed by atoms with van der Waals surface area (Å²) in [5.74, 6) is -0.605. The van der Waals surface area contributed by atoms with Crippen LogP contribution in [-0.2, 0) is 6.54 Å². The molecule has 0 fully saturated rings. The number of hydrogen-bond donors (Lipinski definition) is 3. The van der Waals surface area contributed by atoms with E-state index >= 15 is 0 Å². The summed E-state index contributed by atoms with van der Waals surface area (Å²) in [6, 6.07) is 18.4. The van der Waals surface area contributed by atoms with E-state index in [1.807, 2.05) is 49.4 Å². The summed E-state index contributed by atoms with van der Waals surface area (Å²) in [6.07, 6.45) is -0.542. The highest BCUT2D eigenvalue weighted by Gasteiger charge is 2.33. The summed E-state index contributed by atoms with van der Waals surface area (Å²) in [6.45, 7) is 2.40. The molecule has 0 radical (unpaired) electrons. The molecule has 4 rings (SSSR count). The number of aromatic hydroxyl groups is 2. The van der Waals surface area contributed by atoms with Crippen molar-refractivity contribution in [3.8, 4) is 17.2 Å². The van der Waals surface area contributed by atoms with Crippen molar-refractivity contribution in [1.29, 1.82) is 0 Å². The van der Waals surface area contributed by atoms with Gasteiger partial charge in [-0.15, -0.1) is 0 Å². The molecule has 3 N–H and O–H groups in total. The molecule has 1 atom stereocenters. The van der Waals surface area contributed by atoms with Gasteiger partial charge in [-0.2, -0.15) is 0 Å². The van der Waals surface area contributed by atoms with E-state index in [0.717, 1.165) is 11.1 Å². The second kappa shape index (κ2) is 7.39. The third-order valence-electron chi connectivity index (χ3n) is 5.11. The average Bonchev–Trinajstić information content (AvgIpc) is 2.73. The molecule has 148 valence electrons. The highest BCUT2D eigenvalue weighted by Crippen LogP contribution is 2.41. The number of phenolic OH excluding ortho intramolecular Hbond substituents is 2. The minimum atomic E-state index is -0.542. The second-order valence-electron chi connectivity index (χ2n) is 7.10. The van der Waals surface area contributed by atoms with Gasteiger partial charge in [-0.1, -0.05) is 42.0 Å². The van der Waals surface area contributed by atoms with E-state index in [-0.39, 0.29) is 23.2 Å². The number of hydrogen-bond acceptors (Lipinski definition) is 5. The van der Waals surface area contributed by atoms with Crippen LogP contribution in [0, 0.1) is 6.92 Å². The molecule has 3 aromatic carbocycles. The normalized spacial score (nSPS) is 15.6. The van der Waals surface area contributed by atoms with Gasteiger partial charge in [-0.25, -0.2) is 0 Å². The lowest BCUT2D eigenvalue weighted by molar-refractivity contribution is 0.0666. The van der Waals surface area contributed by atoms with Crippen molar-refractivity contribution in [3.05, 3.63) is 82.9 Å². The molecule has 0 spiro atoms. The number of methoxy groups -OCH3 is 1. The number of phenols is 2. The first-order valence-electron chi connectivity index (χ1n) is 9.30. The summed E-state index contributed by atoms with van der Waals surface area (Å²) >= 11 is 0. The van der Waals surface area contributed by atoms with Gasteiger partial charge in [0.15, 0.2) is 11.5 Å². The Morgan fingerprint density at radius 3 is 2.52 bits per heavy atom. The number of aryl methyl sites for hydroxylation is 1. The Labute approximate surface area is 169 Å². The quantitative estimate of drug-likeness (QED) is 0.582. The van der Waals surface area contributed by atoms with E-state index in [0.29, 0.717) is 23.4 Å². The van der Waals surface area contributed by atoms with Gasteiger partial charge in [0, 0.05) is 17.8 Å². The van der Waals surface area contributed by atoms with Gasteiger partial charge in [0.2, 0.25) is 5.75 Å². The molecule has 1 aliphatic heterocycles. The third-order valence-corrected chi connectivity index (χ3v) is 5.11. The fourth-order valence-electron chi connectivity index (χ4n) is 3.54. The van der Waals surface area contributed by atoms with Crippen molar-refractivity contribution in [2.24, 2.45) is 0 Å². The number of nitrogens with zero attached hydrogens (tertiary/aromatic N) is 1. The fourth-order valence-corrected chi connectivity index (χ4v) is 3.54. The summed E-state index contributed by atoms with van der Waals surface area (Å²) in [7, 11) is 1.41. The molecule has 1 heterocycles. The maximum Gasteiger partial charge on any atom is 0.258 e. The fraction of sp³-hybridized carbons (Fsp3) is 0.174. The first-order valence-corrected chi connectivity index (χ1v) is 9.30. The van der Waals surface area contributed by atoms with Crippen LogP contribution >= 0.6 is 0 Å². The lowest BCUT2D eigenvalue weighted by atomic mass is 10.0. The Hall–Kier alpha value is -3.67. The lowest BCUT2D eigenvalue weighted by Gasteiger charge is -2.38. The van der Waals surface area contributed by atoms with Gasteiger partial charge in [0.1, 0.15) is 6.17 Å². The molecule has 0 saturated heterocycles. The van der Waals surface area contributed by atoms with Crippen molar-refractivity contribution in [2.45, 2.75) is 19.6 Å². The first-order chi connectivity index (χ1) is 14.0. The molecule has 0 aliphatic carbocycles. The third kappa shape index (κ3) is 3.45. The summed E-state index contributed by atoms with van der Waals surface area (Å²) in [5.41, 5.74) is 4.05. The molecular formula is C23H22N2O4. The standard InChI is InChI=1S/C23H22N2O4/c1-14-7-9-15(10-8-14)13-25-22(16-11-19(26)21(27)20(12-16)29-2)24-18-6-4-3-5-17(18)23(25)28/h3-12,22,24,26-27H,13H2,1-2H3/t22-/m0/s1. The van der Waals surface area contributed by atoms with E-state index in [1.165, 1.54) is 13.2 Å². The van der Waals surface area contributed by atoms with Crippen LogP contribution in [0.25, 0.3) is 0 Å². The van der Waals surface area contributed by atoms with Gasteiger partial charge in [-0.3, -0.25) is 4.79 Å². The Balaban J connectivity index is 1.79. The second-order valence-corrected chi connectivity index (χ2v) is 7.10. The van der Waals surface area contributed by atoms with E-state index in [2.05, 4.69) is 5.32 Å². The lowest BCUT2D eigenvalue weighted by Crippen LogP contribution is -2.42. The summed E-state index contributed by atoms with van der Waals surface area (Å²) in [4.78, 5) is 15.0. The van der Waals surface area contributed by atoms with Crippen molar-refractivity contribution in [3.63, 3.8) is 0 Å². The Bertz CT molecular complexity index is 1060. The number of benzene rings is 3. The number of nitrogens with one attached hydrogen (secondary N) is 1. The van der Waals surface area contributed by atoms with Crippen molar-refractivity contribution >= 4 is 11.6 Å². The molecule has 6 heteroatoms. The number of amides is 1. The van der Waals surface area contributed by atoms with Gasteiger partial charge in [0.25, 0.3) is 5.91 Å². The monoisotopic (exact) mass is 390 g/mol. The molecule has 1 amide bonds. The van der Waals surface area contributed by atoms with Gasteiger partial charge in [-0.05, 0) is 36.8 Å². The predicted octanol–water partition coefficient (Wildman–Crippen LogP) is 4.18. The SMILES string of the molecule is COc1cc([C@H]2Nc3ccccc3C(=O)N2Cc2ccc(C)cc2)cc(O)c1O. The predicted molar refractivity (Wildman–Crippen MR) is 110 cm³/mol. The zero-order chi connectivity index (χ0) is 20.5. The van der Waals surface area contributed by atoms with Crippen LogP contribution in [0.1, 0.15) is 33.2 Å². The minimum Gasteiger partial charge on any atom is -0.504 e. The van der Waals surface area contributed by atoms with Crippen molar-refractivity contribution in [1.82, 2.24) is 4.90 Å². The van der Waals surface area contributed by atoms with Crippen LogP contribution in [0.4, 0.5) is 5.69 Å². The molecule has 0 bridgehead atoms. The Morgan fingerprint density at radius 1 is 1.07 bits per heavy atom. The molecule has 0 unspecified atom stereocenters. The Morgan fingerprint density at radius 2 is 1.79 bits per heavy atom. The van der Waals surface area contributed by atoms with Crippen LogP contribution in [0.3, 0.4) is 0 Å². The highest BCUT2D eigenvalue weighted by molar-refractivity contribution is 6.01. The van der Waals surface area contributed by atoms with Crippen LogP contribution in [0.15, 0.2) is 60.7 Å². The molecule has 0 aromatic heterocycles. The van der Waals surface area contributed by atoms with E-state index in [9.17, 15) is 15.0 Å². The molecule has 0 saturated carbocycles. The minimum absolute atomic E-state index is 0.114. The smallest absolute Gasteiger partial charge is 0.258 e. The first kappa shape index (κ1) is 18.7. The summed E-state index contributed by atoms with van der Waals surface area (Å²) < 4.78 is 5.18. The van der Waals surface area contributed by atoms with Gasteiger partial charge < -0.3 is 25.2 Å². The van der Waals surface area contributed by atoms with Crippen LogP contribution < -0.4 is 10.1 Å². The highest BCUT2D eigenvalue weighted by atomic mass is 16.5. The molecule has 29 heavy (non-hydrogen) atoms. The van der Waals surface area contributed by atoms with Gasteiger partial charge in [0.05, 0.1) is 12.7 Å². The topological polar surface area (TPSA) is 82.0 Å². The van der Waals surface area contributed by atoms with E-state index < -0.39 is 6.17 Å². The van der Waals surface area contributed by atoms with E-state index in [4.69, 9.17) is 4.74 Å². The maximum atomic E-state index is 13.3. The van der Waals surface area contributed by atoms with Gasteiger partial charge >= 0.3 is 0 Å². The summed E-state index contributed by atoms with van der Waals surface area (Å²) in [5, 5.41) is 23.5. The Kier molecular flexibility index (Phi) is 4.76. The zero-order valence-corrected chi connectivity index (χ0v) is 16.2. The van der Waals surface area contributed by atoms with Crippen molar-refractivity contribution < 1.29 is 19.7 Å². The van der Waals surface area contributed by atoms with Crippen molar-refractivity contribution in [2.75, 3.05) is 12.4 Å². The zero-order valence-electron chi connectivity index (χ0n) is 16.2. The molecule has 3 aromatic rings. The average molecular weight is 390 g/mol. The molecular weight excluding hydrogens is 368 g/mol. The number of para-hydroxylation sites is 1. The van der Waals surface area contributed by atoms with E-state index in [1.54, 1.807) is 17.0 Å². The number of rotatable bonds is 4. The molecule has 6 nitrogen and oxygen atoms in total. The van der Waals surface area contributed by atoms with Crippen LogP contribution in [0.2, 0.25) is 0 Å². The maximum absolute atomic E-state index is 13.3. The van der Waals surface area contributed by atoms with Crippen LogP contribution in [0.5, 0.6) is 17.2 Å². The number of carbonyl (C=O) groups excluding carboxylic acids is 1. The largest absolute Gasteiger partial charge is 0.504 e. The number of carbonyl (C=O) groups is 1. The number of anilines is 1. The van der Waals surface area contributed by atoms with Crippen LogP contribution in [-0.4, -0.2) is 28.1 Å².